The molecular weight excluding hydrogens is 272 g/mol. The molecule has 1 aliphatic rings. The van der Waals surface area contributed by atoms with E-state index in [9.17, 15) is 10.1 Å². The summed E-state index contributed by atoms with van der Waals surface area (Å²) >= 11 is 0. The highest BCUT2D eigenvalue weighted by Crippen LogP contribution is 2.22. The second kappa shape index (κ2) is 6.47. The van der Waals surface area contributed by atoms with Gasteiger partial charge in [0.1, 0.15) is 6.07 Å². The van der Waals surface area contributed by atoms with Crippen molar-refractivity contribution in [2.45, 2.75) is 6.04 Å². The standard InChI is InChI=1S/C13H18N6O2/c1-17-3-4-18(2)11(9-17)8-16-13-12(19(20)21)5-10(6-14)7-15-13/h5,7,11H,3-4,8-9H2,1-2H3,(H,15,16). The summed E-state index contributed by atoms with van der Waals surface area (Å²) < 4.78 is 0. The van der Waals surface area contributed by atoms with Gasteiger partial charge in [0, 0.05) is 44.5 Å². The molecule has 0 saturated carbocycles. The SMILES string of the molecule is CN1CCN(C)C(CNc2ncc(C#N)cc2[N+](=O)[O-])C1. The Bertz CT molecular complexity index is 570. The minimum absolute atomic E-state index is 0.166. The second-order valence-corrected chi connectivity index (χ2v) is 5.24. The number of nitro groups is 1. The van der Waals surface area contributed by atoms with Crippen molar-refractivity contribution in [3.8, 4) is 6.07 Å². The summed E-state index contributed by atoms with van der Waals surface area (Å²) in [4.78, 5) is 19.0. The number of nitrogens with zero attached hydrogens (tertiary/aromatic N) is 5. The van der Waals surface area contributed by atoms with E-state index in [1.165, 1.54) is 12.3 Å². The average molecular weight is 290 g/mol. The third-order valence-corrected chi connectivity index (χ3v) is 3.68. The summed E-state index contributed by atoms with van der Waals surface area (Å²) in [5.41, 5.74) is 0.0163. The van der Waals surface area contributed by atoms with Gasteiger partial charge in [-0.2, -0.15) is 5.26 Å². The van der Waals surface area contributed by atoms with Crippen LogP contribution < -0.4 is 5.32 Å². The zero-order chi connectivity index (χ0) is 15.4. The van der Waals surface area contributed by atoms with Crippen molar-refractivity contribution in [2.75, 3.05) is 45.6 Å². The maximum atomic E-state index is 11.1. The number of nitrogens with one attached hydrogen (secondary N) is 1. The van der Waals surface area contributed by atoms with Gasteiger partial charge in [-0.1, -0.05) is 0 Å². The van der Waals surface area contributed by atoms with Crippen LogP contribution in [0.1, 0.15) is 5.56 Å². The molecule has 1 aliphatic heterocycles. The van der Waals surface area contributed by atoms with Crippen LogP contribution in [0.25, 0.3) is 0 Å². The van der Waals surface area contributed by atoms with E-state index in [4.69, 9.17) is 5.26 Å². The summed E-state index contributed by atoms with van der Waals surface area (Å²) in [5, 5.41) is 22.9. The summed E-state index contributed by atoms with van der Waals surface area (Å²) in [6, 6.07) is 3.36. The van der Waals surface area contributed by atoms with Crippen LogP contribution in [0.3, 0.4) is 0 Å². The molecule has 0 aliphatic carbocycles. The normalized spacial score (nSPS) is 20.0. The molecule has 112 valence electrons. The van der Waals surface area contributed by atoms with E-state index < -0.39 is 4.92 Å². The van der Waals surface area contributed by atoms with E-state index in [2.05, 4.69) is 27.1 Å². The van der Waals surface area contributed by atoms with E-state index in [0.717, 1.165) is 19.6 Å². The third-order valence-electron chi connectivity index (χ3n) is 3.68. The highest BCUT2D eigenvalue weighted by molar-refractivity contribution is 5.58. The second-order valence-electron chi connectivity index (χ2n) is 5.24. The van der Waals surface area contributed by atoms with Crippen molar-refractivity contribution in [3.05, 3.63) is 27.9 Å². The first-order valence-corrected chi connectivity index (χ1v) is 6.68. The molecule has 1 N–H and O–H groups in total. The maximum absolute atomic E-state index is 11.1. The van der Waals surface area contributed by atoms with E-state index in [0.29, 0.717) is 6.54 Å². The first-order chi connectivity index (χ1) is 10.0. The van der Waals surface area contributed by atoms with Crippen LogP contribution in [0.5, 0.6) is 0 Å². The van der Waals surface area contributed by atoms with E-state index in [1.54, 1.807) is 0 Å². The van der Waals surface area contributed by atoms with Gasteiger partial charge < -0.3 is 10.2 Å². The number of anilines is 1. The molecule has 1 aromatic heterocycles. The van der Waals surface area contributed by atoms with Crippen LogP contribution in [0, 0.1) is 21.4 Å². The van der Waals surface area contributed by atoms with Crippen LogP contribution in [-0.2, 0) is 0 Å². The molecular formula is C13H18N6O2. The molecule has 1 saturated heterocycles. The first-order valence-electron chi connectivity index (χ1n) is 6.68. The van der Waals surface area contributed by atoms with Crippen LogP contribution in [0.2, 0.25) is 0 Å². The van der Waals surface area contributed by atoms with Gasteiger partial charge in [-0.05, 0) is 14.1 Å². The number of hydrogen-bond acceptors (Lipinski definition) is 7. The van der Waals surface area contributed by atoms with Crippen LogP contribution in [0.15, 0.2) is 12.3 Å². The molecule has 0 aromatic carbocycles. The molecule has 1 atom stereocenters. The fourth-order valence-corrected chi connectivity index (χ4v) is 2.33. The van der Waals surface area contributed by atoms with Gasteiger partial charge in [0.15, 0.2) is 0 Å². The van der Waals surface area contributed by atoms with Gasteiger partial charge in [0.05, 0.1) is 10.5 Å². The lowest BCUT2D eigenvalue weighted by molar-refractivity contribution is -0.384. The zero-order valence-electron chi connectivity index (χ0n) is 12.1. The number of rotatable bonds is 4. The van der Waals surface area contributed by atoms with Crippen molar-refractivity contribution in [1.82, 2.24) is 14.8 Å². The number of nitriles is 1. The molecule has 1 aromatic rings. The fraction of sp³-hybridized carbons (Fsp3) is 0.538. The molecule has 0 spiro atoms. The Morgan fingerprint density at radius 1 is 1.57 bits per heavy atom. The minimum atomic E-state index is -0.521. The Balaban J connectivity index is 2.09. The lowest BCUT2D eigenvalue weighted by atomic mass is 10.2. The quantitative estimate of drug-likeness (QED) is 0.637. The predicted octanol–water partition coefficient (Wildman–Crippen LogP) is 0.519. The lowest BCUT2D eigenvalue weighted by Gasteiger charge is -2.37. The third kappa shape index (κ3) is 3.65. The van der Waals surface area contributed by atoms with Gasteiger partial charge in [0.2, 0.25) is 5.82 Å². The molecule has 1 unspecified atom stereocenters. The molecule has 1 fully saturated rings. The van der Waals surface area contributed by atoms with Gasteiger partial charge in [0.25, 0.3) is 0 Å². The van der Waals surface area contributed by atoms with Gasteiger partial charge >= 0.3 is 5.69 Å². The molecule has 21 heavy (non-hydrogen) atoms. The molecule has 8 heteroatoms. The summed E-state index contributed by atoms with van der Waals surface area (Å²) in [6.45, 7) is 3.45. The smallest absolute Gasteiger partial charge is 0.312 e. The Labute approximate surface area is 123 Å². The fourth-order valence-electron chi connectivity index (χ4n) is 2.33. The Morgan fingerprint density at radius 3 is 3.00 bits per heavy atom. The zero-order valence-corrected chi connectivity index (χ0v) is 12.1. The van der Waals surface area contributed by atoms with Gasteiger partial charge in [-0.3, -0.25) is 15.0 Å². The largest absolute Gasteiger partial charge is 0.363 e. The lowest BCUT2D eigenvalue weighted by Crippen LogP contribution is -2.52. The van der Waals surface area contributed by atoms with Crippen LogP contribution in [-0.4, -0.2) is 66.0 Å². The van der Waals surface area contributed by atoms with Crippen molar-refractivity contribution in [1.29, 1.82) is 5.26 Å². The summed E-state index contributed by atoms with van der Waals surface area (Å²) in [6.07, 6.45) is 1.34. The Hall–Kier alpha value is -2.24. The maximum Gasteiger partial charge on any atom is 0.312 e. The molecule has 2 rings (SSSR count). The molecule has 8 nitrogen and oxygen atoms in total. The molecule has 0 radical (unpaired) electrons. The first kappa shape index (κ1) is 15.2. The number of likely N-dealkylation sites (N-methyl/N-ethyl adjacent to an activating group) is 2. The Kier molecular flexibility index (Phi) is 4.67. The van der Waals surface area contributed by atoms with E-state index >= 15 is 0 Å². The van der Waals surface area contributed by atoms with Gasteiger partial charge in [-0.15, -0.1) is 0 Å². The highest BCUT2D eigenvalue weighted by Gasteiger charge is 2.23. The van der Waals surface area contributed by atoms with Crippen LogP contribution in [0.4, 0.5) is 11.5 Å². The Morgan fingerprint density at radius 2 is 2.33 bits per heavy atom. The highest BCUT2D eigenvalue weighted by atomic mass is 16.6. The monoisotopic (exact) mass is 290 g/mol. The van der Waals surface area contributed by atoms with Gasteiger partial charge in [-0.25, -0.2) is 4.98 Å². The summed E-state index contributed by atoms with van der Waals surface area (Å²) in [7, 11) is 4.10. The minimum Gasteiger partial charge on any atom is -0.363 e. The number of hydrogen-bond donors (Lipinski definition) is 1. The van der Waals surface area contributed by atoms with Crippen molar-refractivity contribution >= 4 is 11.5 Å². The van der Waals surface area contributed by atoms with Crippen molar-refractivity contribution < 1.29 is 4.92 Å². The number of pyridine rings is 1. The predicted molar refractivity (Wildman–Crippen MR) is 78.0 cm³/mol. The molecule has 0 bridgehead atoms. The molecule has 0 amide bonds. The van der Waals surface area contributed by atoms with Crippen LogP contribution >= 0.6 is 0 Å². The average Bonchev–Trinajstić information content (AvgIpc) is 2.48. The molecule has 2 heterocycles. The summed E-state index contributed by atoms with van der Waals surface area (Å²) in [5.74, 6) is 0.209. The van der Waals surface area contributed by atoms with Crippen molar-refractivity contribution in [2.24, 2.45) is 0 Å². The topological polar surface area (TPSA) is 98.3 Å². The number of piperazine rings is 1. The van der Waals surface area contributed by atoms with E-state index in [-0.39, 0.29) is 23.1 Å². The van der Waals surface area contributed by atoms with Crippen molar-refractivity contribution in [3.63, 3.8) is 0 Å². The number of aromatic nitrogens is 1. The van der Waals surface area contributed by atoms with E-state index in [1.807, 2.05) is 13.1 Å².